The molecule has 1 atom stereocenters. The van der Waals surface area contributed by atoms with Crippen LogP contribution in [0.2, 0.25) is 0 Å². The summed E-state index contributed by atoms with van der Waals surface area (Å²) in [5.41, 5.74) is 4.67. The summed E-state index contributed by atoms with van der Waals surface area (Å²) in [6.45, 7) is 3.92. The van der Waals surface area contributed by atoms with Crippen molar-refractivity contribution < 1.29 is 9.18 Å². The molecule has 176 valence electrons. The Balaban J connectivity index is 1.30. The SMILES string of the molecule is Cc1nn(I)cc1-c1ccc(CN2C(=O)C3(CCN(C4CCCC4)C3)c3ccccc32)c(F)c1. The van der Waals surface area contributed by atoms with Crippen LogP contribution in [-0.4, -0.2) is 37.9 Å². The van der Waals surface area contributed by atoms with Crippen LogP contribution >= 0.6 is 22.9 Å². The van der Waals surface area contributed by atoms with Gasteiger partial charge in [-0.05, 0) is 56.0 Å². The number of hydrogen-bond acceptors (Lipinski definition) is 3. The number of anilines is 1. The number of nitrogens with zero attached hydrogens (tertiary/aromatic N) is 4. The Kier molecular flexibility index (Phi) is 5.52. The number of halogens is 2. The molecule has 7 heteroatoms. The fourth-order valence-electron chi connectivity index (χ4n) is 6.29. The second-order valence-electron chi connectivity index (χ2n) is 9.97. The molecule has 34 heavy (non-hydrogen) atoms. The minimum Gasteiger partial charge on any atom is -0.307 e. The van der Waals surface area contributed by atoms with E-state index in [1.54, 1.807) is 8.96 Å². The lowest BCUT2D eigenvalue weighted by Gasteiger charge is -2.27. The van der Waals surface area contributed by atoms with Gasteiger partial charge in [-0.2, -0.15) is 5.10 Å². The third-order valence-electron chi connectivity index (χ3n) is 8.07. The molecule has 1 aliphatic carbocycles. The first-order chi connectivity index (χ1) is 16.5. The summed E-state index contributed by atoms with van der Waals surface area (Å²) < 4.78 is 17.0. The van der Waals surface area contributed by atoms with Crippen molar-refractivity contribution >= 4 is 34.5 Å². The molecular formula is C27H28FIN4O. The maximum absolute atomic E-state index is 15.3. The topological polar surface area (TPSA) is 41.4 Å². The smallest absolute Gasteiger partial charge is 0.239 e. The molecule has 2 aromatic carbocycles. The Morgan fingerprint density at radius 1 is 1.18 bits per heavy atom. The number of rotatable bonds is 4. The Morgan fingerprint density at radius 2 is 1.97 bits per heavy atom. The first kappa shape index (κ1) is 22.2. The van der Waals surface area contributed by atoms with E-state index in [-0.39, 0.29) is 18.3 Å². The van der Waals surface area contributed by atoms with Gasteiger partial charge in [-0.25, -0.2) is 7.29 Å². The lowest BCUT2D eigenvalue weighted by Crippen LogP contribution is -2.43. The standard InChI is InChI=1S/C27H28FIN4O/c1-18-22(16-33(29)30-18)19-10-11-20(24(28)14-19)15-32-25-9-5-4-8-23(25)27(26(32)34)12-13-31(17-27)21-6-2-3-7-21/h4-5,8-11,14,16,21H,2-3,6-7,12-13,15,17H2,1H3. The Morgan fingerprint density at radius 3 is 2.71 bits per heavy atom. The Bertz CT molecular complexity index is 1270. The van der Waals surface area contributed by atoms with Crippen LogP contribution in [0.3, 0.4) is 0 Å². The highest BCUT2D eigenvalue weighted by atomic mass is 127. The van der Waals surface area contributed by atoms with Crippen LogP contribution in [0.1, 0.15) is 48.9 Å². The van der Waals surface area contributed by atoms with Gasteiger partial charge < -0.3 is 4.90 Å². The van der Waals surface area contributed by atoms with Crippen LogP contribution in [0.4, 0.5) is 10.1 Å². The Labute approximate surface area is 213 Å². The van der Waals surface area contributed by atoms with E-state index in [1.165, 1.54) is 25.7 Å². The molecule has 3 heterocycles. The molecule has 1 saturated carbocycles. The molecule has 5 nitrogen and oxygen atoms in total. The summed E-state index contributed by atoms with van der Waals surface area (Å²) in [6, 6.07) is 14.0. The quantitative estimate of drug-likeness (QED) is 0.382. The highest BCUT2D eigenvalue weighted by Gasteiger charge is 2.55. The van der Waals surface area contributed by atoms with E-state index in [2.05, 4.69) is 38.9 Å². The summed E-state index contributed by atoms with van der Waals surface area (Å²) in [5, 5.41) is 4.36. The van der Waals surface area contributed by atoms with E-state index in [1.807, 2.05) is 48.4 Å². The summed E-state index contributed by atoms with van der Waals surface area (Å²) >= 11 is 2.10. The second kappa shape index (κ2) is 8.45. The van der Waals surface area contributed by atoms with Gasteiger partial charge >= 0.3 is 0 Å². The van der Waals surface area contributed by atoms with Crippen molar-refractivity contribution in [1.82, 2.24) is 12.9 Å². The molecule has 2 fully saturated rings. The second-order valence-corrected chi connectivity index (χ2v) is 11.0. The molecule has 1 unspecified atom stereocenters. The minimum absolute atomic E-state index is 0.125. The van der Waals surface area contributed by atoms with Crippen molar-refractivity contribution in [1.29, 1.82) is 0 Å². The minimum atomic E-state index is -0.498. The Hall–Kier alpha value is -2.26. The molecule has 1 amide bonds. The van der Waals surface area contributed by atoms with Crippen molar-refractivity contribution in [3.63, 3.8) is 0 Å². The number of carbonyl (C=O) groups is 1. The summed E-state index contributed by atoms with van der Waals surface area (Å²) in [7, 11) is 0. The predicted molar refractivity (Wildman–Crippen MR) is 140 cm³/mol. The lowest BCUT2D eigenvalue weighted by molar-refractivity contribution is -0.123. The van der Waals surface area contributed by atoms with E-state index in [4.69, 9.17) is 0 Å². The van der Waals surface area contributed by atoms with E-state index >= 15 is 4.39 Å². The van der Waals surface area contributed by atoms with Crippen LogP contribution in [0.5, 0.6) is 0 Å². The molecule has 0 bridgehead atoms. The van der Waals surface area contributed by atoms with Gasteiger partial charge in [-0.1, -0.05) is 43.2 Å². The molecule has 6 rings (SSSR count). The van der Waals surface area contributed by atoms with Crippen molar-refractivity contribution in [2.45, 2.75) is 57.0 Å². The highest BCUT2D eigenvalue weighted by molar-refractivity contribution is 14.1. The molecule has 0 radical (unpaired) electrons. The number of hydrogen-bond donors (Lipinski definition) is 0. The molecule has 1 aromatic heterocycles. The van der Waals surface area contributed by atoms with E-state index in [0.717, 1.165) is 47.6 Å². The van der Waals surface area contributed by atoms with E-state index in [0.29, 0.717) is 11.6 Å². The predicted octanol–water partition coefficient (Wildman–Crippen LogP) is 5.63. The maximum atomic E-state index is 15.3. The monoisotopic (exact) mass is 570 g/mol. The summed E-state index contributed by atoms with van der Waals surface area (Å²) in [4.78, 5) is 18.3. The van der Waals surface area contributed by atoms with Gasteiger partial charge in [0.1, 0.15) is 5.82 Å². The number of fused-ring (bicyclic) bond motifs is 2. The van der Waals surface area contributed by atoms with Crippen molar-refractivity contribution in [2.75, 3.05) is 18.0 Å². The van der Waals surface area contributed by atoms with Gasteiger partial charge in [0, 0.05) is 35.6 Å². The average molecular weight is 570 g/mol. The van der Waals surface area contributed by atoms with Gasteiger partial charge in [-0.3, -0.25) is 9.69 Å². The van der Waals surface area contributed by atoms with E-state index in [9.17, 15) is 4.79 Å². The zero-order chi connectivity index (χ0) is 23.4. The number of likely N-dealkylation sites (tertiary alicyclic amines) is 1. The van der Waals surface area contributed by atoms with Gasteiger partial charge in [0.25, 0.3) is 0 Å². The van der Waals surface area contributed by atoms with Crippen molar-refractivity contribution in [3.8, 4) is 11.1 Å². The summed E-state index contributed by atoms with van der Waals surface area (Å²) in [5.74, 6) is -0.164. The number of aryl methyl sites for hydroxylation is 1. The largest absolute Gasteiger partial charge is 0.307 e. The maximum Gasteiger partial charge on any atom is 0.239 e. The summed E-state index contributed by atoms with van der Waals surface area (Å²) in [6.07, 6.45) is 7.80. The van der Waals surface area contributed by atoms with Crippen LogP contribution in [-0.2, 0) is 16.8 Å². The van der Waals surface area contributed by atoms with Crippen molar-refractivity contribution in [3.05, 3.63) is 71.3 Å². The molecule has 1 saturated heterocycles. The normalized spacial score (nSPS) is 22.9. The molecule has 3 aromatic rings. The zero-order valence-electron chi connectivity index (χ0n) is 19.3. The molecule has 3 aliphatic rings. The lowest BCUT2D eigenvalue weighted by atomic mass is 9.81. The van der Waals surface area contributed by atoms with Crippen molar-refractivity contribution in [2.24, 2.45) is 0 Å². The first-order valence-corrected chi connectivity index (χ1v) is 13.1. The molecule has 0 N–H and O–H groups in total. The van der Waals surface area contributed by atoms with Gasteiger partial charge in [-0.15, -0.1) is 0 Å². The number of amides is 1. The molecule has 2 aliphatic heterocycles. The van der Waals surface area contributed by atoms with Gasteiger partial charge in [0.05, 0.1) is 40.5 Å². The van der Waals surface area contributed by atoms with Crippen LogP contribution < -0.4 is 4.90 Å². The van der Waals surface area contributed by atoms with Crippen LogP contribution in [0.15, 0.2) is 48.7 Å². The first-order valence-electron chi connectivity index (χ1n) is 12.1. The average Bonchev–Trinajstić information content (AvgIpc) is 3.60. The van der Waals surface area contributed by atoms with Gasteiger partial charge in [0.15, 0.2) is 0 Å². The fraction of sp³-hybridized carbons (Fsp3) is 0.407. The van der Waals surface area contributed by atoms with Gasteiger partial charge in [0.2, 0.25) is 5.91 Å². The molecular weight excluding hydrogens is 542 g/mol. The third kappa shape index (κ3) is 3.50. The number of para-hydroxylation sites is 1. The number of aromatic nitrogens is 2. The third-order valence-corrected chi connectivity index (χ3v) is 8.56. The fourth-order valence-corrected chi connectivity index (χ4v) is 6.89. The zero-order valence-corrected chi connectivity index (χ0v) is 21.5. The van der Waals surface area contributed by atoms with E-state index < -0.39 is 5.41 Å². The van der Waals surface area contributed by atoms with Crippen LogP contribution in [0.25, 0.3) is 11.1 Å². The number of benzene rings is 2. The number of carbonyl (C=O) groups excluding carboxylic acids is 1. The molecule has 1 spiro atoms. The highest BCUT2D eigenvalue weighted by Crippen LogP contribution is 2.49. The van der Waals surface area contributed by atoms with Crippen LogP contribution in [0, 0.1) is 12.7 Å².